The molecule has 0 aliphatic rings. The predicted octanol–water partition coefficient (Wildman–Crippen LogP) is 1.13. The minimum absolute atomic E-state index is 0.143. The maximum atomic E-state index is 11.6. The van der Waals surface area contributed by atoms with E-state index in [0.717, 1.165) is 17.6 Å². The third-order valence-electron chi connectivity index (χ3n) is 2.60. The summed E-state index contributed by atoms with van der Waals surface area (Å²) in [7, 11) is 0. The van der Waals surface area contributed by atoms with Crippen molar-refractivity contribution in [2.45, 2.75) is 24.3 Å². The average Bonchev–Trinajstić information content (AvgIpc) is 2.44. The van der Waals surface area contributed by atoms with E-state index in [1.807, 2.05) is 31.2 Å². The summed E-state index contributed by atoms with van der Waals surface area (Å²) in [5.74, 6) is -0.801. The number of benzene rings is 1. The van der Waals surface area contributed by atoms with Crippen molar-refractivity contribution < 1.29 is 24.5 Å². The van der Waals surface area contributed by atoms with Crippen LogP contribution in [-0.4, -0.2) is 46.6 Å². The Balaban J connectivity index is 2.37. The molecule has 1 atom stereocenters. The number of amides is 1. The van der Waals surface area contributed by atoms with Crippen LogP contribution in [0.1, 0.15) is 13.8 Å². The molecule has 0 spiro atoms. The van der Waals surface area contributed by atoms with Crippen LogP contribution in [0.3, 0.4) is 0 Å². The molecule has 6 nitrogen and oxygen atoms in total. The van der Waals surface area contributed by atoms with Crippen molar-refractivity contribution >= 4 is 23.6 Å². The molecule has 1 unspecified atom stereocenters. The van der Waals surface area contributed by atoms with Crippen LogP contribution in [0.2, 0.25) is 0 Å². The van der Waals surface area contributed by atoms with Crippen LogP contribution in [0.25, 0.3) is 0 Å². The molecule has 0 radical (unpaired) electrons. The molecule has 0 aromatic heterocycles. The largest absolute Gasteiger partial charge is 0.494 e. The van der Waals surface area contributed by atoms with E-state index in [1.54, 1.807) is 0 Å². The van der Waals surface area contributed by atoms with Gasteiger partial charge in [0.25, 0.3) is 0 Å². The monoisotopic (exact) mass is 313 g/mol. The Hall–Kier alpha value is -1.73. The highest BCUT2D eigenvalue weighted by atomic mass is 32.2. The number of carboxylic acid groups (broad SMARTS) is 1. The number of ether oxygens (including phenoxy) is 1. The Morgan fingerprint density at radius 1 is 1.33 bits per heavy atom. The number of aliphatic hydroxyl groups is 1. The van der Waals surface area contributed by atoms with Gasteiger partial charge in [0.05, 0.1) is 18.9 Å². The van der Waals surface area contributed by atoms with Crippen LogP contribution >= 0.6 is 11.8 Å². The molecular weight excluding hydrogens is 294 g/mol. The minimum Gasteiger partial charge on any atom is -0.494 e. The van der Waals surface area contributed by atoms with Crippen LogP contribution in [0.5, 0.6) is 5.75 Å². The lowest BCUT2D eigenvalue weighted by atomic mass is 10.1. The molecule has 3 N–H and O–H groups in total. The summed E-state index contributed by atoms with van der Waals surface area (Å²) in [6.07, 6.45) is 0. The summed E-state index contributed by atoms with van der Waals surface area (Å²) in [4.78, 5) is 23.2. The number of carboxylic acids is 1. The summed E-state index contributed by atoms with van der Waals surface area (Å²) in [5.41, 5.74) is -1.96. The second-order valence-electron chi connectivity index (χ2n) is 4.55. The first-order valence-electron chi connectivity index (χ1n) is 6.43. The van der Waals surface area contributed by atoms with Crippen LogP contribution in [0.4, 0.5) is 0 Å². The zero-order valence-electron chi connectivity index (χ0n) is 12.0. The van der Waals surface area contributed by atoms with E-state index in [1.165, 1.54) is 11.8 Å². The first-order chi connectivity index (χ1) is 9.85. The normalized spacial score (nSPS) is 13.3. The lowest BCUT2D eigenvalue weighted by Crippen LogP contribution is -2.46. The minimum atomic E-state index is -1.96. The van der Waals surface area contributed by atoms with E-state index in [-0.39, 0.29) is 18.2 Å². The van der Waals surface area contributed by atoms with Gasteiger partial charge in [-0.2, -0.15) is 0 Å². The van der Waals surface area contributed by atoms with Crippen LogP contribution in [0, 0.1) is 0 Å². The summed E-state index contributed by atoms with van der Waals surface area (Å²) >= 11 is 1.32. The zero-order chi connectivity index (χ0) is 15.9. The number of carbonyl (C=O) groups excluding carboxylic acids is 1. The average molecular weight is 313 g/mol. The molecule has 7 heteroatoms. The summed E-state index contributed by atoms with van der Waals surface area (Å²) in [6.45, 7) is 3.30. The lowest BCUT2D eigenvalue weighted by molar-refractivity contribution is -0.156. The fourth-order valence-corrected chi connectivity index (χ4v) is 2.07. The van der Waals surface area contributed by atoms with Gasteiger partial charge in [-0.25, -0.2) is 4.79 Å². The lowest BCUT2D eigenvalue weighted by Gasteiger charge is -2.18. The molecule has 1 aromatic rings. The third-order valence-corrected chi connectivity index (χ3v) is 3.61. The Kier molecular flexibility index (Phi) is 6.51. The second kappa shape index (κ2) is 7.90. The van der Waals surface area contributed by atoms with Crippen molar-refractivity contribution in [3.8, 4) is 5.75 Å². The van der Waals surface area contributed by atoms with E-state index in [2.05, 4.69) is 5.32 Å². The molecule has 0 fully saturated rings. The Morgan fingerprint density at radius 2 is 1.95 bits per heavy atom. The van der Waals surface area contributed by atoms with Gasteiger partial charge in [0.15, 0.2) is 5.60 Å². The molecule has 0 aliphatic heterocycles. The van der Waals surface area contributed by atoms with Crippen molar-refractivity contribution in [2.75, 3.05) is 18.9 Å². The maximum absolute atomic E-state index is 11.6. The predicted molar refractivity (Wildman–Crippen MR) is 79.6 cm³/mol. The van der Waals surface area contributed by atoms with Crippen LogP contribution in [-0.2, 0) is 9.59 Å². The van der Waals surface area contributed by atoms with Gasteiger partial charge in [-0.3, -0.25) is 4.79 Å². The summed E-state index contributed by atoms with van der Waals surface area (Å²) in [6, 6.07) is 7.32. The number of thioether (sulfide) groups is 1. The standard InChI is InChI=1S/C14H19NO5S/c1-3-20-10-4-6-11(7-5-10)21-8-12(16)15-9-14(2,19)13(17)18/h4-7,19H,3,8-9H2,1-2H3,(H,15,16)(H,17,18). The molecule has 116 valence electrons. The SMILES string of the molecule is CCOc1ccc(SCC(=O)NCC(C)(O)C(=O)O)cc1. The van der Waals surface area contributed by atoms with Crippen LogP contribution < -0.4 is 10.1 Å². The molecule has 1 rings (SSSR count). The van der Waals surface area contributed by atoms with E-state index >= 15 is 0 Å². The highest BCUT2D eigenvalue weighted by molar-refractivity contribution is 8.00. The Morgan fingerprint density at radius 3 is 2.48 bits per heavy atom. The highest BCUT2D eigenvalue weighted by Gasteiger charge is 2.30. The number of hydrogen-bond acceptors (Lipinski definition) is 5. The quantitative estimate of drug-likeness (QED) is 0.623. The smallest absolute Gasteiger partial charge is 0.337 e. The molecule has 1 amide bonds. The molecule has 0 saturated carbocycles. The first-order valence-corrected chi connectivity index (χ1v) is 7.42. The van der Waals surface area contributed by atoms with Crippen LogP contribution in [0.15, 0.2) is 29.2 Å². The number of aliphatic carboxylic acids is 1. The van der Waals surface area contributed by atoms with Gasteiger partial charge in [0.1, 0.15) is 5.75 Å². The highest BCUT2D eigenvalue weighted by Crippen LogP contribution is 2.21. The molecule has 0 bridgehead atoms. The van der Waals surface area contributed by atoms with Gasteiger partial charge >= 0.3 is 5.97 Å². The third kappa shape index (κ3) is 6.05. The fraction of sp³-hybridized carbons (Fsp3) is 0.429. The topological polar surface area (TPSA) is 95.9 Å². The Labute approximate surface area is 127 Å². The maximum Gasteiger partial charge on any atom is 0.337 e. The number of rotatable bonds is 8. The first kappa shape index (κ1) is 17.3. The van der Waals surface area contributed by atoms with Gasteiger partial charge in [0.2, 0.25) is 5.91 Å². The van der Waals surface area contributed by atoms with Gasteiger partial charge in [0, 0.05) is 4.90 Å². The fourth-order valence-electron chi connectivity index (χ4n) is 1.34. The second-order valence-corrected chi connectivity index (χ2v) is 5.60. The zero-order valence-corrected chi connectivity index (χ0v) is 12.8. The molecule has 0 saturated heterocycles. The van der Waals surface area contributed by atoms with Crippen molar-refractivity contribution in [1.82, 2.24) is 5.32 Å². The number of nitrogens with one attached hydrogen (secondary N) is 1. The Bertz CT molecular complexity index is 487. The summed E-state index contributed by atoms with van der Waals surface area (Å²) < 4.78 is 5.31. The van der Waals surface area contributed by atoms with Crippen molar-refractivity contribution in [2.24, 2.45) is 0 Å². The molecule has 0 heterocycles. The number of hydrogen-bond donors (Lipinski definition) is 3. The molecule has 21 heavy (non-hydrogen) atoms. The van der Waals surface area contributed by atoms with E-state index in [4.69, 9.17) is 9.84 Å². The van der Waals surface area contributed by atoms with Crippen molar-refractivity contribution in [1.29, 1.82) is 0 Å². The van der Waals surface area contributed by atoms with E-state index in [0.29, 0.717) is 6.61 Å². The van der Waals surface area contributed by atoms with Crippen molar-refractivity contribution in [3.63, 3.8) is 0 Å². The van der Waals surface area contributed by atoms with Crippen molar-refractivity contribution in [3.05, 3.63) is 24.3 Å². The molecular formula is C14H19NO5S. The van der Waals surface area contributed by atoms with Gasteiger partial charge in [-0.15, -0.1) is 11.8 Å². The summed E-state index contributed by atoms with van der Waals surface area (Å²) in [5, 5.41) is 20.6. The van der Waals surface area contributed by atoms with Gasteiger partial charge < -0.3 is 20.3 Å². The van der Waals surface area contributed by atoms with E-state index < -0.39 is 11.6 Å². The molecule has 1 aromatic carbocycles. The number of carbonyl (C=O) groups is 2. The van der Waals surface area contributed by atoms with Gasteiger partial charge in [-0.1, -0.05) is 0 Å². The van der Waals surface area contributed by atoms with E-state index in [9.17, 15) is 14.7 Å². The molecule has 0 aliphatic carbocycles. The van der Waals surface area contributed by atoms with Gasteiger partial charge in [-0.05, 0) is 38.1 Å².